The number of hydrogen-bond acceptors (Lipinski definition) is 5. The lowest BCUT2D eigenvalue weighted by atomic mass is 10.0. The van der Waals surface area contributed by atoms with Crippen LogP contribution in [0.3, 0.4) is 0 Å². The summed E-state index contributed by atoms with van der Waals surface area (Å²) < 4.78 is 0. The molecule has 0 aliphatic rings. The van der Waals surface area contributed by atoms with Gasteiger partial charge < -0.3 is 10.2 Å². The topological polar surface area (TPSA) is 101 Å². The van der Waals surface area contributed by atoms with Crippen LogP contribution in [0.1, 0.15) is 15.9 Å². The molecule has 0 amide bonds. The van der Waals surface area contributed by atoms with Gasteiger partial charge in [-0.3, -0.25) is 14.9 Å². The Labute approximate surface area is 114 Å². The zero-order valence-electron chi connectivity index (χ0n) is 10.3. The van der Waals surface area contributed by atoms with Crippen LogP contribution in [-0.2, 0) is 6.42 Å². The summed E-state index contributed by atoms with van der Waals surface area (Å²) in [5.74, 6) is -0.803. The van der Waals surface area contributed by atoms with Crippen LogP contribution in [0.4, 0.5) is 5.69 Å². The molecule has 0 saturated carbocycles. The fraction of sp³-hybridized carbons (Fsp3) is 0.0714. The quantitative estimate of drug-likeness (QED) is 0.385. The normalized spacial score (nSPS) is 10.2. The molecule has 0 atom stereocenters. The van der Waals surface area contributed by atoms with Gasteiger partial charge in [-0.1, -0.05) is 12.1 Å². The number of non-ortho nitro benzene ring substituents is 1. The lowest BCUT2D eigenvalue weighted by Crippen LogP contribution is -2.04. The van der Waals surface area contributed by atoms with E-state index in [2.05, 4.69) is 0 Å². The van der Waals surface area contributed by atoms with Crippen LogP contribution < -0.4 is 0 Å². The Kier molecular flexibility index (Phi) is 3.65. The summed E-state index contributed by atoms with van der Waals surface area (Å²) in [5.41, 5.74) is 0.346. The minimum Gasteiger partial charge on any atom is -0.508 e. The number of Topliss-reactive ketones (excluding diaryl/α,β-unsaturated/α-hetero) is 1. The predicted molar refractivity (Wildman–Crippen MR) is 70.9 cm³/mol. The van der Waals surface area contributed by atoms with Crippen LogP contribution in [0, 0.1) is 10.1 Å². The summed E-state index contributed by atoms with van der Waals surface area (Å²) in [5, 5.41) is 29.6. The fourth-order valence-electron chi connectivity index (χ4n) is 1.81. The van der Waals surface area contributed by atoms with Gasteiger partial charge in [0, 0.05) is 18.6 Å². The van der Waals surface area contributed by atoms with Gasteiger partial charge in [0.05, 0.1) is 10.5 Å². The second-order valence-electron chi connectivity index (χ2n) is 4.23. The Morgan fingerprint density at radius 3 is 2.60 bits per heavy atom. The molecule has 0 aliphatic heterocycles. The van der Waals surface area contributed by atoms with Gasteiger partial charge in [0.25, 0.3) is 5.69 Å². The second kappa shape index (κ2) is 5.40. The molecule has 0 spiro atoms. The number of aromatic hydroxyl groups is 2. The smallest absolute Gasteiger partial charge is 0.269 e. The number of benzene rings is 2. The van der Waals surface area contributed by atoms with Crippen molar-refractivity contribution in [3.63, 3.8) is 0 Å². The Hall–Kier alpha value is -2.89. The summed E-state index contributed by atoms with van der Waals surface area (Å²) in [6, 6.07) is 9.36. The summed E-state index contributed by atoms with van der Waals surface area (Å²) >= 11 is 0. The number of rotatable bonds is 4. The highest BCUT2D eigenvalue weighted by Gasteiger charge is 2.14. The molecule has 6 heteroatoms. The van der Waals surface area contributed by atoms with Crippen molar-refractivity contribution in [2.45, 2.75) is 6.42 Å². The largest absolute Gasteiger partial charge is 0.508 e. The first-order valence-corrected chi connectivity index (χ1v) is 5.76. The van der Waals surface area contributed by atoms with E-state index in [0.29, 0.717) is 5.56 Å². The van der Waals surface area contributed by atoms with Gasteiger partial charge in [0.15, 0.2) is 5.78 Å². The van der Waals surface area contributed by atoms with E-state index in [9.17, 15) is 25.1 Å². The molecular formula is C14H11NO5. The van der Waals surface area contributed by atoms with Gasteiger partial charge in [-0.25, -0.2) is 0 Å². The zero-order chi connectivity index (χ0) is 14.7. The molecular weight excluding hydrogens is 262 g/mol. The molecule has 0 saturated heterocycles. The van der Waals surface area contributed by atoms with Gasteiger partial charge in [-0.15, -0.1) is 0 Å². The van der Waals surface area contributed by atoms with Crippen LogP contribution in [0.15, 0.2) is 42.5 Å². The zero-order valence-corrected chi connectivity index (χ0v) is 10.3. The van der Waals surface area contributed by atoms with Crippen LogP contribution >= 0.6 is 0 Å². The molecule has 0 aromatic heterocycles. The molecule has 2 N–H and O–H groups in total. The number of ketones is 1. The predicted octanol–water partition coefficient (Wildman–Crippen LogP) is 2.43. The van der Waals surface area contributed by atoms with Gasteiger partial charge in [-0.2, -0.15) is 0 Å². The Bertz CT molecular complexity index is 681. The number of phenolic OH excluding ortho intramolecular Hbond substituents is 2. The molecule has 0 bridgehead atoms. The van der Waals surface area contributed by atoms with Crippen molar-refractivity contribution in [3.05, 3.63) is 63.7 Å². The monoisotopic (exact) mass is 273 g/mol. The number of nitrogens with zero attached hydrogens (tertiary/aromatic N) is 1. The lowest BCUT2D eigenvalue weighted by Gasteiger charge is -2.05. The van der Waals surface area contributed by atoms with E-state index in [1.807, 2.05) is 0 Å². The van der Waals surface area contributed by atoms with Gasteiger partial charge in [0.2, 0.25) is 0 Å². The summed E-state index contributed by atoms with van der Waals surface area (Å²) in [6.45, 7) is 0. The van der Waals surface area contributed by atoms with E-state index >= 15 is 0 Å². The van der Waals surface area contributed by atoms with Crippen LogP contribution in [0.2, 0.25) is 0 Å². The van der Waals surface area contributed by atoms with Crippen LogP contribution in [0.5, 0.6) is 11.5 Å². The molecule has 0 aliphatic carbocycles. The maximum absolute atomic E-state index is 12.0. The van der Waals surface area contributed by atoms with E-state index in [1.54, 1.807) is 6.07 Å². The van der Waals surface area contributed by atoms with Gasteiger partial charge in [-0.05, 0) is 23.8 Å². The molecule has 102 valence electrons. The minimum absolute atomic E-state index is 0.0171. The lowest BCUT2D eigenvalue weighted by molar-refractivity contribution is -0.384. The second-order valence-corrected chi connectivity index (χ2v) is 4.23. The third-order valence-corrected chi connectivity index (χ3v) is 2.77. The van der Waals surface area contributed by atoms with Crippen molar-refractivity contribution < 1.29 is 19.9 Å². The van der Waals surface area contributed by atoms with Crippen molar-refractivity contribution in [2.24, 2.45) is 0 Å². The average Bonchev–Trinajstić information content (AvgIpc) is 2.41. The van der Waals surface area contributed by atoms with Crippen LogP contribution in [0.25, 0.3) is 0 Å². The number of hydrogen-bond donors (Lipinski definition) is 2. The summed E-state index contributed by atoms with van der Waals surface area (Å²) in [6.07, 6.45) is -0.0985. The van der Waals surface area contributed by atoms with E-state index in [-0.39, 0.29) is 29.2 Å². The van der Waals surface area contributed by atoms with Crippen LogP contribution in [-0.4, -0.2) is 20.9 Å². The van der Waals surface area contributed by atoms with Crippen molar-refractivity contribution in [1.82, 2.24) is 0 Å². The van der Waals surface area contributed by atoms with Gasteiger partial charge in [0.1, 0.15) is 11.5 Å². The van der Waals surface area contributed by atoms with E-state index < -0.39 is 10.7 Å². The first-order valence-electron chi connectivity index (χ1n) is 5.76. The van der Waals surface area contributed by atoms with E-state index in [0.717, 1.165) is 6.07 Å². The standard InChI is InChI=1S/C14H11NO5/c16-11-4-5-13(17)12(8-11)14(18)7-9-2-1-3-10(6-9)15(19)20/h1-6,8,16-17H,7H2. The van der Waals surface area contributed by atoms with Crippen molar-refractivity contribution >= 4 is 11.5 Å². The van der Waals surface area contributed by atoms with Crippen molar-refractivity contribution in [2.75, 3.05) is 0 Å². The molecule has 0 unspecified atom stereocenters. The molecule has 6 nitrogen and oxygen atoms in total. The summed E-state index contributed by atoms with van der Waals surface area (Å²) in [4.78, 5) is 22.1. The highest BCUT2D eigenvalue weighted by molar-refractivity contribution is 6.00. The molecule has 0 heterocycles. The summed E-state index contributed by atoms with van der Waals surface area (Å²) in [7, 11) is 0. The first-order chi connectivity index (χ1) is 9.47. The number of carbonyl (C=O) groups is 1. The highest BCUT2D eigenvalue weighted by Crippen LogP contribution is 2.24. The Balaban J connectivity index is 2.25. The molecule has 0 radical (unpaired) electrons. The Morgan fingerprint density at radius 2 is 1.90 bits per heavy atom. The maximum atomic E-state index is 12.0. The Morgan fingerprint density at radius 1 is 1.15 bits per heavy atom. The molecule has 2 aromatic carbocycles. The highest BCUT2D eigenvalue weighted by atomic mass is 16.6. The van der Waals surface area contributed by atoms with E-state index in [4.69, 9.17) is 0 Å². The fourth-order valence-corrected chi connectivity index (χ4v) is 1.81. The number of nitro benzene ring substituents is 1. The molecule has 0 fully saturated rings. The third kappa shape index (κ3) is 2.92. The van der Waals surface area contributed by atoms with Gasteiger partial charge >= 0.3 is 0 Å². The SMILES string of the molecule is O=C(Cc1cccc([N+](=O)[O-])c1)c1cc(O)ccc1O. The number of phenols is 2. The molecule has 20 heavy (non-hydrogen) atoms. The average molecular weight is 273 g/mol. The molecule has 2 aromatic rings. The first kappa shape index (κ1) is 13.5. The third-order valence-electron chi connectivity index (χ3n) is 2.77. The van der Waals surface area contributed by atoms with E-state index in [1.165, 1.54) is 30.3 Å². The number of carbonyl (C=O) groups excluding carboxylic acids is 1. The maximum Gasteiger partial charge on any atom is 0.269 e. The van der Waals surface area contributed by atoms with Crippen molar-refractivity contribution in [1.29, 1.82) is 0 Å². The minimum atomic E-state index is -0.542. The number of nitro groups is 1. The van der Waals surface area contributed by atoms with Crippen molar-refractivity contribution in [3.8, 4) is 11.5 Å². The molecule has 2 rings (SSSR count).